The standard InChI is InChI=1S/C9H5FNOS/c10-6-2-1-3-8(12)9(6)7-4-13-5-11-7/h2-5,12H. The molecule has 1 aromatic heterocycles. The van der Waals surface area contributed by atoms with E-state index < -0.39 is 5.82 Å². The van der Waals surface area contributed by atoms with Gasteiger partial charge in [-0.25, -0.2) is 9.37 Å². The van der Waals surface area contributed by atoms with Gasteiger partial charge in [-0.1, -0.05) is 0 Å². The molecule has 0 aliphatic heterocycles. The number of hydrogen-bond acceptors (Lipinski definition) is 3. The summed E-state index contributed by atoms with van der Waals surface area (Å²) in [6.45, 7) is 0. The van der Waals surface area contributed by atoms with E-state index in [-0.39, 0.29) is 11.3 Å². The highest BCUT2D eigenvalue weighted by molar-refractivity contribution is 7.07. The number of thiazole rings is 1. The third-order valence-electron chi connectivity index (χ3n) is 1.61. The van der Waals surface area contributed by atoms with Crippen molar-refractivity contribution in [2.45, 2.75) is 0 Å². The average Bonchev–Trinajstić information content (AvgIpc) is 2.57. The van der Waals surface area contributed by atoms with E-state index in [1.165, 1.54) is 23.5 Å². The smallest absolute Gasteiger partial charge is 0.136 e. The summed E-state index contributed by atoms with van der Waals surface area (Å²) < 4.78 is 13.2. The number of halogens is 1. The number of aromatic nitrogens is 1. The van der Waals surface area contributed by atoms with Crippen LogP contribution in [0.1, 0.15) is 0 Å². The Morgan fingerprint density at radius 3 is 2.92 bits per heavy atom. The van der Waals surface area contributed by atoms with E-state index in [0.717, 1.165) is 0 Å². The third-order valence-corrected chi connectivity index (χ3v) is 2.20. The molecule has 1 aromatic carbocycles. The van der Waals surface area contributed by atoms with Gasteiger partial charge in [-0.05, 0) is 18.2 Å². The predicted molar refractivity (Wildman–Crippen MR) is 48.0 cm³/mol. The molecule has 0 bridgehead atoms. The van der Waals surface area contributed by atoms with Crippen LogP contribution >= 0.6 is 11.3 Å². The minimum absolute atomic E-state index is 0.133. The van der Waals surface area contributed by atoms with Gasteiger partial charge in [0.05, 0.1) is 16.8 Å². The summed E-state index contributed by atoms with van der Waals surface area (Å²) in [5.41, 5.74) is 2.18. The van der Waals surface area contributed by atoms with Crippen molar-refractivity contribution < 1.29 is 9.50 Å². The van der Waals surface area contributed by atoms with Crippen LogP contribution in [-0.4, -0.2) is 10.1 Å². The van der Waals surface area contributed by atoms with Crippen molar-refractivity contribution in [3.05, 3.63) is 34.9 Å². The lowest BCUT2D eigenvalue weighted by Crippen LogP contribution is -1.84. The second-order valence-corrected chi connectivity index (χ2v) is 3.16. The van der Waals surface area contributed by atoms with E-state index in [9.17, 15) is 9.50 Å². The Morgan fingerprint density at radius 1 is 1.46 bits per heavy atom. The SMILES string of the molecule is Oc1c[c]cc(F)c1-c1cscn1. The molecule has 4 heteroatoms. The first-order valence-corrected chi connectivity index (χ1v) is 4.50. The van der Waals surface area contributed by atoms with E-state index in [4.69, 9.17) is 0 Å². The summed E-state index contributed by atoms with van der Waals surface area (Å²) in [6.07, 6.45) is 0. The van der Waals surface area contributed by atoms with Crippen LogP contribution in [-0.2, 0) is 0 Å². The van der Waals surface area contributed by atoms with Gasteiger partial charge in [-0.3, -0.25) is 0 Å². The van der Waals surface area contributed by atoms with Crippen molar-refractivity contribution in [1.82, 2.24) is 4.98 Å². The Hall–Kier alpha value is -1.42. The Labute approximate surface area is 78.3 Å². The quantitative estimate of drug-likeness (QED) is 0.756. The second kappa shape index (κ2) is 3.14. The highest BCUT2D eigenvalue weighted by Gasteiger charge is 2.11. The van der Waals surface area contributed by atoms with Gasteiger partial charge in [0.1, 0.15) is 11.6 Å². The van der Waals surface area contributed by atoms with Crippen molar-refractivity contribution in [2.24, 2.45) is 0 Å². The molecule has 0 aliphatic carbocycles. The third kappa shape index (κ3) is 1.40. The summed E-state index contributed by atoms with van der Waals surface area (Å²) in [7, 11) is 0. The van der Waals surface area contributed by atoms with Crippen LogP contribution in [0.5, 0.6) is 5.75 Å². The maximum absolute atomic E-state index is 13.2. The van der Waals surface area contributed by atoms with Crippen molar-refractivity contribution in [3.63, 3.8) is 0 Å². The zero-order valence-corrected chi connectivity index (χ0v) is 7.31. The van der Waals surface area contributed by atoms with Gasteiger partial charge in [0.25, 0.3) is 0 Å². The number of aromatic hydroxyl groups is 1. The van der Waals surface area contributed by atoms with Gasteiger partial charge >= 0.3 is 0 Å². The van der Waals surface area contributed by atoms with Crippen LogP contribution in [0.15, 0.2) is 23.0 Å². The van der Waals surface area contributed by atoms with Gasteiger partial charge in [0.2, 0.25) is 0 Å². The normalized spacial score (nSPS) is 10.2. The molecule has 1 heterocycles. The Balaban J connectivity index is 2.64. The molecule has 13 heavy (non-hydrogen) atoms. The fourth-order valence-corrected chi connectivity index (χ4v) is 1.59. The lowest BCUT2D eigenvalue weighted by Gasteiger charge is -2.00. The van der Waals surface area contributed by atoms with Crippen molar-refractivity contribution in [2.75, 3.05) is 0 Å². The van der Waals surface area contributed by atoms with Crippen LogP contribution in [0.2, 0.25) is 0 Å². The first-order chi connectivity index (χ1) is 6.29. The predicted octanol–water partition coefficient (Wildman–Crippen LogP) is 2.45. The molecule has 1 N–H and O–H groups in total. The molecule has 0 saturated carbocycles. The van der Waals surface area contributed by atoms with Crippen LogP contribution < -0.4 is 0 Å². The van der Waals surface area contributed by atoms with Crippen LogP contribution in [0, 0.1) is 11.9 Å². The second-order valence-electron chi connectivity index (χ2n) is 2.44. The topological polar surface area (TPSA) is 33.1 Å². The Kier molecular flexibility index (Phi) is 1.98. The maximum Gasteiger partial charge on any atom is 0.136 e. The van der Waals surface area contributed by atoms with Crippen molar-refractivity contribution >= 4 is 11.3 Å². The lowest BCUT2D eigenvalue weighted by molar-refractivity contribution is 0.471. The highest BCUT2D eigenvalue weighted by atomic mass is 32.1. The number of phenolic OH excluding ortho intramolecular Hbond substituents is 1. The van der Waals surface area contributed by atoms with Crippen molar-refractivity contribution in [1.29, 1.82) is 0 Å². The molecule has 0 atom stereocenters. The lowest BCUT2D eigenvalue weighted by atomic mass is 10.1. The number of nitrogens with zero attached hydrogens (tertiary/aromatic N) is 1. The van der Waals surface area contributed by atoms with Crippen LogP contribution in [0.3, 0.4) is 0 Å². The molecule has 2 rings (SSSR count). The zero-order valence-electron chi connectivity index (χ0n) is 6.49. The number of benzene rings is 1. The zero-order chi connectivity index (χ0) is 9.26. The minimum atomic E-state index is -0.508. The minimum Gasteiger partial charge on any atom is -0.507 e. The number of phenols is 1. The van der Waals surface area contributed by atoms with Crippen molar-refractivity contribution in [3.8, 4) is 17.0 Å². The Morgan fingerprint density at radius 2 is 2.31 bits per heavy atom. The fourth-order valence-electron chi connectivity index (χ4n) is 1.05. The van der Waals surface area contributed by atoms with Gasteiger partial charge in [-0.15, -0.1) is 11.3 Å². The number of hydrogen-bond donors (Lipinski definition) is 1. The monoisotopic (exact) mass is 194 g/mol. The van der Waals surface area contributed by atoms with Crippen LogP contribution in [0.4, 0.5) is 4.39 Å². The summed E-state index contributed by atoms with van der Waals surface area (Å²) in [4.78, 5) is 3.91. The molecule has 0 spiro atoms. The summed E-state index contributed by atoms with van der Waals surface area (Å²) >= 11 is 1.35. The first-order valence-electron chi connectivity index (χ1n) is 3.56. The first kappa shape index (κ1) is 8.19. The molecule has 0 amide bonds. The average molecular weight is 194 g/mol. The largest absolute Gasteiger partial charge is 0.507 e. The summed E-state index contributed by atoms with van der Waals surface area (Å²) in [5.74, 6) is -0.642. The summed E-state index contributed by atoms with van der Waals surface area (Å²) in [5, 5.41) is 11.0. The van der Waals surface area contributed by atoms with Gasteiger partial charge < -0.3 is 5.11 Å². The molecule has 65 valence electrons. The van der Waals surface area contributed by atoms with E-state index >= 15 is 0 Å². The van der Waals surface area contributed by atoms with E-state index in [2.05, 4.69) is 11.1 Å². The number of rotatable bonds is 1. The molecule has 2 nitrogen and oxygen atoms in total. The molecular formula is C9H5FNOS. The molecule has 0 fully saturated rings. The van der Waals surface area contributed by atoms with E-state index in [1.807, 2.05) is 0 Å². The van der Waals surface area contributed by atoms with Gasteiger partial charge in [0, 0.05) is 5.38 Å². The van der Waals surface area contributed by atoms with Crippen LogP contribution in [0.25, 0.3) is 11.3 Å². The van der Waals surface area contributed by atoms with Gasteiger partial charge in [0.15, 0.2) is 0 Å². The molecule has 0 saturated heterocycles. The Bertz CT molecular complexity index is 393. The molecule has 0 unspecified atom stereocenters. The highest BCUT2D eigenvalue weighted by Crippen LogP contribution is 2.30. The molecule has 2 aromatic rings. The fraction of sp³-hybridized carbons (Fsp3) is 0. The van der Waals surface area contributed by atoms with E-state index in [0.29, 0.717) is 5.69 Å². The molecule has 1 radical (unpaired) electrons. The molecule has 0 aliphatic rings. The van der Waals surface area contributed by atoms with Gasteiger partial charge in [-0.2, -0.15) is 0 Å². The van der Waals surface area contributed by atoms with E-state index in [1.54, 1.807) is 10.9 Å². The maximum atomic E-state index is 13.2. The molecular weight excluding hydrogens is 189 g/mol. The summed E-state index contributed by atoms with van der Waals surface area (Å²) in [6, 6.07) is 4.97.